The van der Waals surface area contributed by atoms with Crippen molar-refractivity contribution in [2.75, 3.05) is 0 Å². The van der Waals surface area contributed by atoms with E-state index in [1.807, 2.05) is 0 Å². The van der Waals surface area contributed by atoms with Crippen LogP contribution in [0.3, 0.4) is 0 Å². The number of rotatable bonds is 0. The van der Waals surface area contributed by atoms with E-state index in [0.717, 1.165) is 10.3 Å². The molecule has 0 spiro atoms. The van der Waals surface area contributed by atoms with Gasteiger partial charge in [-0.25, -0.2) is 0 Å². The normalized spacial score (nSPS) is 9.29. The van der Waals surface area contributed by atoms with Crippen LogP contribution in [0.25, 0.3) is 0 Å². The lowest BCUT2D eigenvalue weighted by Crippen LogP contribution is -1.79. The molecule has 0 aliphatic carbocycles. The summed E-state index contributed by atoms with van der Waals surface area (Å²) in [6.07, 6.45) is 0. The summed E-state index contributed by atoms with van der Waals surface area (Å²) in [5.74, 6) is 0. The van der Waals surface area contributed by atoms with Crippen LogP contribution < -0.4 is 4.74 Å². The van der Waals surface area contributed by atoms with Gasteiger partial charge in [0.15, 0.2) is 0 Å². The predicted molar refractivity (Wildman–Crippen MR) is 33.5 cm³/mol. The first-order chi connectivity index (χ1) is 3.29. The fourth-order valence-corrected chi connectivity index (χ4v) is 2.00. The fraction of sp³-hybridized carbons (Fsp3) is 0. The number of halogens is 1. The van der Waals surface area contributed by atoms with E-state index < -0.39 is 0 Å². The molecule has 0 saturated carbocycles. The highest BCUT2D eigenvalue weighted by molar-refractivity contribution is 7.69. The van der Waals surface area contributed by atoms with Crippen LogP contribution in [0.5, 0.6) is 0 Å². The summed E-state index contributed by atoms with van der Waals surface area (Å²) < 4.78 is 0.616. The Hall–Kier alpha value is 0.140. The number of hydrogen-bond acceptors (Lipinski definition) is 3. The minimum absolute atomic E-state index is 0.0370. The average molecular weight is 153 g/mol. The molecular formula is C3HClOS2. The van der Waals surface area contributed by atoms with Crippen LogP contribution in [-0.2, 0) is 0 Å². The summed E-state index contributed by atoms with van der Waals surface area (Å²) in [5, 5.41) is 0. The highest BCUT2D eigenvalue weighted by atomic mass is 35.5. The Morgan fingerprint density at radius 1 is 1.57 bits per heavy atom. The quantitative estimate of drug-likeness (QED) is 0.519. The molecule has 1 nitrogen and oxygen atoms in total. The molecule has 0 amide bonds. The van der Waals surface area contributed by atoms with E-state index >= 15 is 0 Å². The molecule has 7 heavy (non-hydrogen) atoms. The van der Waals surface area contributed by atoms with Gasteiger partial charge in [0, 0.05) is 6.07 Å². The van der Waals surface area contributed by atoms with Gasteiger partial charge in [-0.2, -0.15) is 0 Å². The lowest BCUT2D eigenvalue weighted by molar-refractivity contribution is 1.90. The lowest BCUT2D eigenvalue weighted by Gasteiger charge is -1.59. The van der Waals surface area contributed by atoms with Crippen molar-refractivity contribution < 1.29 is 0 Å². The summed E-state index contributed by atoms with van der Waals surface area (Å²) >= 11 is 5.39. The van der Waals surface area contributed by atoms with E-state index in [1.54, 1.807) is 0 Å². The van der Waals surface area contributed by atoms with Gasteiger partial charge in [0.05, 0.1) is 0 Å². The lowest BCUT2D eigenvalue weighted by atomic mass is 10.8. The molecule has 0 saturated heterocycles. The molecule has 38 valence electrons. The van der Waals surface area contributed by atoms with Crippen molar-refractivity contribution in [3.63, 3.8) is 0 Å². The van der Waals surface area contributed by atoms with Crippen molar-refractivity contribution in [2.24, 2.45) is 0 Å². The molecule has 0 aliphatic heterocycles. The average Bonchev–Trinajstić information content (AvgIpc) is 1.87. The molecule has 0 N–H and O–H groups in total. The first kappa shape index (κ1) is 5.28. The van der Waals surface area contributed by atoms with Gasteiger partial charge >= 0.3 is 0 Å². The Bertz CT molecular complexity index is 201. The first-order valence-electron chi connectivity index (χ1n) is 1.55. The smallest absolute Gasteiger partial charge is 0.244 e. The van der Waals surface area contributed by atoms with Crippen molar-refractivity contribution in [1.29, 1.82) is 0 Å². The molecule has 4 heteroatoms. The van der Waals surface area contributed by atoms with Gasteiger partial charge in [0.25, 0.3) is 0 Å². The van der Waals surface area contributed by atoms with E-state index in [9.17, 15) is 4.79 Å². The molecule has 0 bridgehead atoms. The SMILES string of the molecule is O=c1cc(Cl)ss1. The van der Waals surface area contributed by atoms with E-state index in [-0.39, 0.29) is 4.74 Å². The number of hydrogen-bond donors (Lipinski definition) is 0. The molecule has 0 radical (unpaired) electrons. The maximum absolute atomic E-state index is 10.2. The zero-order valence-corrected chi connectivity index (χ0v) is 5.57. The molecular weight excluding hydrogens is 152 g/mol. The Morgan fingerprint density at radius 3 is 2.43 bits per heavy atom. The molecule has 1 heterocycles. The van der Waals surface area contributed by atoms with Crippen LogP contribution in [0.1, 0.15) is 0 Å². The summed E-state index contributed by atoms with van der Waals surface area (Å²) in [6.45, 7) is 0. The van der Waals surface area contributed by atoms with Gasteiger partial charge in [0.1, 0.15) is 4.34 Å². The minimum atomic E-state index is 0.0370. The van der Waals surface area contributed by atoms with Gasteiger partial charge in [0.2, 0.25) is 4.74 Å². The molecule has 0 aliphatic rings. The van der Waals surface area contributed by atoms with Crippen LogP contribution in [-0.4, -0.2) is 0 Å². The van der Waals surface area contributed by atoms with Crippen molar-refractivity contribution in [3.05, 3.63) is 19.9 Å². The second-order valence-corrected chi connectivity index (χ2v) is 3.74. The Morgan fingerprint density at radius 2 is 2.29 bits per heavy atom. The third kappa shape index (κ3) is 1.26. The van der Waals surface area contributed by atoms with Crippen molar-refractivity contribution >= 4 is 32.3 Å². The minimum Gasteiger partial charge on any atom is -0.277 e. The standard InChI is InChI=1S/C3HClOS2/c4-2-1-3(5)7-6-2/h1H. The van der Waals surface area contributed by atoms with Gasteiger partial charge in [-0.15, -0.1) is 0 Å². The molecule has 0 aromatic carbocycles. The van der Waals surface area contributed by atoms with E-state index in [1.165, 1.54) is 16.4 Å². The second-order valence-electron chi connectivity index (χ2n) is 0.934. The molecule has 1 aromatic heterocycles. The summed E-state index contributed by atoms with van der Waals surface area (Å²) in [5.41, 5.74) is 0. The summed E-state index contributed by atoms with van der Waals surface area (Å²) in [7, 11) is 2.46. The largest absolute Gasteiger partial charge is 0.277 e. The summed E-state index contributed by atoms with van der Waals surface area (Å²) in [4.78, 5) is 10.2. The maximum atomic E-state index is 10.2. The van der Waals surface area contributed by atoms with Crippen molar-refractivity contribution in [1.82, 2.24) is 0 Å². The van der Waals surface area contributed by atoms with E-state index in [0.29, 0.717) is 4.34 Å². The molecule has 0 atom stereocenters. The molecule has 0 fully saturated rings. The Labute approximate surface area is 52.6 Å². The third-order valence-corrected chi connectivity index (χ3v) is 2.97. The van der Waals surface area contributed by atoms with E-state index in [2.05, 4.69) is 0 Å². The molecule has 1 rings (SSSR count). The van der Waals surface area contributed by atoms with Crippen LogP contribution in [0, 0.1) is 0 Å². The molecule has 1 aromatic rings. The monoisotopic (exact) mass is 152 g/mol. The highest BCUT2D eigenvalue weighted by Gasteiger charge is 1.88. The van der Waals surface area contributed by atoms with Gasteiger partial charge in [-0.05, 0) is 10.3 Å². The van der Waals surface area contributed by atoms with Crippen LogP contribution >= 0.6 is 32.3 Å². The molecule has 0 unspecified atom stereocenters. The highest BCUT2D eigenvalue weighted by Crippen LogP contribution is 2.14. The first-order valence-corrected chi connectivity index (χ1v) is 4.07. The van der Waals surface area contributed by atoms with E-state index in [4.69, 9.17) is 11.6 Å². The van der Waals surface area contributed by atoms with Crippen molar-refractivity contribution in [2.45, 2.75) is 0 Å². The summed E-state index contributed by atoms with van der Waals surface area (Å²) in [6, 6.07) is 1.41. The fourth-order valence-electron chi connectivity index (χ4n) is 0.222. The Balaban J connectivity index is 3.30. The Kier molecular flexibility index (Phi) is 1.46. The van der Waals surface area contributed by atoms with Crippen LogP contribution in [0.2, 0.25) is 4.34 Å². The van der Waals surface area contributed by atoms with Crippen molar-refractivity contribution in [3.8, 4) is 0 Å². The zero-order chi connectivity index (χ0) is 5.28. The van der Waals surface area contributed by atoms with Gasteiger partial charge in [-0.3, -0.25) is 4.79 Å². The maximum Gasteiger partial charge on any atom is 0.244 e. The van der Waals surface area contributed by atoms with Gasteiger partial charge < -0.3 is 0 Å². The topological polar surface area (TPSA) is 17.1 Å². The second kappa shape index (κ2) is 1.94. The third-order valence-electron chi connectivity index (χ3n) is 0.435. The van der Waals surface area contributed by atoms with Crippen LogP contribution in [0.15, 0.2) is 10.9 Å². The predicted octanol–water partition coefficient (Wildman–Crippen LogP) is 1.82. The van der Waals surface area contributed by atoms with Crippen LogP contribution in [0.4, 0.5) is 0 Å². The van der Waals surface area contributed by atoms with Gasteiger partial charge in [-0.1, -0.05) is 21.9 Å². The zero-order valence-electron chi connectivity index (χ0n) is 3.18.